The van der Waals surface area contributed by atoms with Gasteiger partial charge < -0.3 is 9.84 Å². The number of aliphatic hydroxyl groups is 1. The molecule has 0 aliphatic carbocycles. The van der Waals surface area contributed by atoms with Gasteiger partial charge >= 0.3 is 0 Å². The number of hydrogen-bond acceptors (Lipinski definition) is 4. The quantitative estimate of drug-likeness (QED) is 0.581. The Labute approximate surface area is 129 Å². The normalized spacial score (nSPS) is 12.1. The molecule has 5 heteroatoms. The molecule has 4 nitrogen and oxygen atoms in total. The van der Waals surface area contributed by atoms with Crippen LogP contribution in [0.25, 0.3) is 0 Å². The summed E-state index contributed by atoms with van der Waals surface area (Å²) in [5.41, 5.74) is 3.78. The Kier molecular flexibility index (Phi) is 6.50. The van der Waals surface area contributed by atoms with Crippen LogP contribution in [0.3, 0.4) is 0 Å². The van der Waals surface area contributed by atoms with Crippen molar-refractivity contribution in [2.24, 2.45) is 0 Å². The number of para-hydroxylation sites is 1. The molecule has 0 aliphatic heterocycles. The van der Waals surface area contributed by atoms with Crippen LogP contribution < -0.4 is 10.2 Å². The standard InChI is InChI=1S/C16H18ClNO3/c17-15-8-4-5-9-16(15)20-12-14(19)10-18-21-11-13-6-2-1-3-7-13/h1-9,14,18-19H,10-12H2. The monoisotopic (exact) mass is 307 g/mol. The van der Waals surface area contributed by atoms with Crippen molar-refractivity contribution >= 4 is 11.6 Å². The predicted molar refractivity (Wildman–Crippen MR) is 82.2 cm³/mol. The van der Waals surface area contributed by atoms with Crippen molar-refractivity contribution in [1.29, 1.82) is 0 Å². The number of benzene rings is 2. The molecule has 0 aliphatic rings. The maximum absolute atomic E-state index is 9.79. The summed E-state index contributed by atoms with van der Waals surface area (Å²) < 4.78 is 5.44. The lowest BCUT2D eigenvalue weighted by molar-refractivity contribution is -0.00595. The van der Waals surface area contributed by atoms with Crippen LogP contribution >= 0.6 is 11.6 Å². The molecule has 0 aromatic heterocycles. The maximum Gasteiger partial charge on any atom is 0.138 e. The lowest BCUT2D eigenvalue weighted by Gasteiger charge is -2.14. The maximum atomic E-state index is 9.79. The minimum Gasteiger partial charge on any atom is -0.489 e. The molecule has 0 spiro atoms. The second kappa shape index (κ2) is 8.64. The molecule has 112 valence electrons. The third-order valence-electron chi connectivity index (χ3n) is 2.77. The Morgan fingerprint density at radius 2 is 1.76 bits per heavy atom. The molecular formula is C16H18ClNO3. The lowest BCUT2D eigenvalue weighted by atomic mass is 10.2. The number of rotatable bonds is 8. The zero-order valence-corrected chi connectivity index (χ0v) is 12.3. The fourth-order valence-corrected chi connectivity index (χ4v) is 1.86. The first-order valence-electron chi connectivity index (χ1n) is 6.69. The molecule has 1 unspecified atom stereocenters. The molecule has 0 saturated heterocycles. The summed E-state index contributed by atoms with van der Waals surface area (Å²) in [5, 5.41) is 10.3. The first-order chi connectivity index (χ1) is 10.3. The smallest absolute Gasteiger partial charge is 0.138 e. The van der Waals surface area contributed by atoms with Gasteiger partial charge in [0.25, 0.3) is 0 Å². The highest BCUT2D eigenvalue weighted by Crippen LogP contribution is 2.22. The zero-order chi connectivity index (χ0) is 14.9. The van der Waals surface area contributed by atoms with E-state index in [4.69, 9.17) is 21.2 Å². The van der Waals surface area contributed by atoms with E-state index in [1.54, 1.807) is 12.1 Å². The van der Waals surface area contributed by atoms with E-state index in [9.17, 15) is 5.11 Å². The minimum absolute atomic E-state index is 0.144. The van der Waals surface area contributed by atoms with Crippen LogP contribution in [-0.2, 0) is 11.4 Å². The molecule has 2 aromatic rings. The first-order valence-corrected chi connectivity index (χ1v) is 7.07. The second-order valence-electron chi connectivity index (χ2n) is 4.52. The van der Waals surface area contributed by atoms with Crippen molar-refractivity contribution in [1.82, 2.24) is 5.48 Å². The van der Waals surface area contributed by atoms with Crippen LogP contribution in [0.5, 0.6) is 5.75 Å². The topological polar surface area (TPSA) is 50.7 Å². The van der Waals surface area contributed by atoms with E-state index in [1.165, 1.54) is 0 Å². The molecule has 0 amide bonds. The van der Waals surface area contributed by atoms with Crippen molar-refractivity contribution in [3.8, 4) is 5.75 Å². The molecule has 0 fully saturated rings. The fraction of sp³-hybridized carbons (Fsp3) is 0.250. The van der Waals surface area contributed by atoms with Gasteiger partial charge in [0, 0.05) is 0 Å². The van der Waals surface area contributed by atoms with Gasteiger partial charge in [-0.05, 0) is 17.7 Å². The van der Waals surface area contributed by atoms with Crippen molar-refractivity contribution < 1.29 is 14.7 Å². The van der Waals surface area contributed by atoms with Crippen LogP contribution in [0.2, 0.25) is 5.02 Å². The van der Waals surface area contributed by atoms with E-state index in [-0.39, 0.29) is 13.2 Å². The van der Waals surface area contributed by atoms with Crippen molar-refractivity contribution in [2.45, 2.75) is 12.7 Å². The van der Waals surface area contributed by atoms with Gasteiger partial charge in [-0.15, -0.1) is 0 Å². The molecule has 0 saturated carbocycles. The van der Waals surface area contributed by atoms with Crippen molar-refractivity contribution in [3.05, 3.63) is 65.2 Å². The van der Waals surface area contributed by atoms with Gasteiger partial charge in [-0.2, -0.15) is 5.48 Å². The highest BCUT2D eigenvalue weighted by atomic mass is 35.5. The molecule has 2 N–H and O–H groups in total. The van der Waals surface area contributed by atoms with Crippen LogP contribution in [0.15, 0.2) is 54.6 Å². The third-order valence-corrected chi connectivity index (χ3v) is 3.08. The average molecular weight is 308 g/mol. The average Bonchev–Trinajstić information content (AvgIpc) is 2.52. The highest BCUT2D eigenvalue weighted by molar-refractivity contribution is 6.32. The van der Waals surface area contributed by atoms with E-state index >= 15 is 0 Å². The number of hydrogen-bond donors (Lipinski definition) is 2. The number of ether oxygens (including phenoxy) is 1. The molecule has 0 radical (unpaired) electrons. The Morgan fingerprint density at radius 1 is 1.05 bits per heavy atom. The summed E-state index contributed by atoms with van der Waals surface area (Å²) >= 11 is 5.96. The van der Waals surface area contributed by atoms with E-state index in [1.807, 2.05) is 42.5 Å². The number of nitrogens with one attached hydrogen (secondary N) is 1. The van der Waals surface area contributed by atoms with Crippen molar-refractivity contribution in [2.75, 3.05) is 13.2 Å². The van der Waals surface area contributed by atoms with E-state index in [0.29, 0.717) is 17.4 Å². The summed E-state index contributed by atoms with van der Waals surface area (Å²) in [6, 6.07) is 16.9. The Bertz CT molecular complexity index is 536. The zero-order valence-electron chi connectivity index (χ0n) is 11.5. The molecule has 1 atom stereocenters. The molecule has 2 aromatic carbocycles. The van der Waals surface area contributed by atoms with E-state index in [2.05, 4.69) is 5.48 Å². The van der Waals surface area contributed by atoms with Crippen LogP contribution in [-0.4, -0.2) is 24.4 Å². The summed E-state index contributed by atoms with van der Waals surface area (Å²) in [6.45, 7) is 0.863. The minimum atomic E-state index is -0.683. The molecular weight excluding hydrogens is 290 g/mol. The fourth-order valence-electron chi connectivity index (χ4n) is 1.67. The largest absolute Gasteiger partial charge is 0.489 e. The summed E-state index contributed by atoms with van der Waals surface area (Å²) in [6.07, 6.45) is -0.683. The number of aliphatic hydroxyl groups excluding tert-OH is 1. The van der Waals surface area contributed by atoms with Gasteiger partial charge in [0.1, 0.15) is 18.5 Å². The predicted octanol–water partition coefficient (Wildman–Crippen LogP) is 2.80. The SMILES string of the molecule is OC(CNOCc1ccccc1)COc1ccccc1Cl. The van der Waals surface area contributed by atoms with Gasteiger partial charge in [0.2, 0.25) is 0 Å². The third kappa shape index (κ3) is 5.73. The highest BCUT2D eigenvalue weighted by Gasteiger charge is 2.07. The summed E-state index contributed by atoms with van der Waals surface area (Å²) in [5.74, 6) is 0.559. The molecule has 2 rings (SSSR count). The van der Waals surface area contributed by atoms with Gasteiger partial charge in [-0.1, -0.05) is 54.1 Å². The van der Waals surface area contributed by atoms with Crippen LogP contribution in [0, 0.1) is 0 Å². The summed E-state index contributed by atoms with van der Waals surface area (Å²) in [4.78, 5) is 5.27. The first kappa shape index (κ1) is 15.8. The lowest BCUT2D eigenvalue weighted by Crippen LogP contribution is -2.31. The van der Waals surface area contributed by atoms with Gasteiger partial charge in [-0.25, -0.2) is 0 Å². The Morgan fingerprint density at radius 3 is 2.52 bits per heavy atom. The Balaban J connectivity index is 1.62. The molecule has 0 heterocycles. The van der Waals surface area contributed by atoms with Crippen LogP contribution in [0.4, 0.5) is 0 Å². The molecule has 0 bridgehead atoms. The van der Waals surface area contributed by atoms with Crippen molar-refractivity contribution in [3.63, 3.8) is 0 Å². The number of hydroxylamine groups is 1. The van der Waals surface area contributed by atoms with E-state index in [0.717, 1.165) is 5.56 Å². The second-order valence-corrected chi connectivity index (χ2v) is 4.93. The Hall–Kier alpha value is -1.59. The van der Waals surface area contributed by atoms with Gasteiger partial charge in [0.15, 0.2) is 0 Å². The van der Waals surface area contributed by atoms with Crippen LogP contribution in [0.1, 0.15) is 5.56 Å². The summed E-state index contributed by atoms with van der Waals surface area (Å²) in [7, 11) is 0. The van der Waals surface area contributed by atoms with Gasteiger partial charge in [-0.3, -0.25) is 4.84 Å². The number of halogens is 1. The van der Waals surface area contributed by atoms with Gasteiger partial charge in [0.05, 0.1) is 18.2 Å². The molecule has 21 heavy (non-hydrogen) atoms. The van der Waals surface area contributed by atoms with E-state index < -0.39 is 6.10 Å².